The molecule has 0 fully saturated rings. The van der Waals surface area contributed by atoms with Crippen LogP contribution in [-0.4, -0.2) is 23.7 Å². The van der Waals surface area contributed by atoms with Gasteiger partial charge in [-0.15, -0.1) is 0 Å². The number of carbonyl (C=O) groups excluding carboxylic acids is 1. The van der Waals surface area contributed by atoms with Crippen molar-refractivity contribution >= 4 is 17.5 Å². The topological polar surface area (TPSA) is 49.3 Å². The summed E-state index contributed by atoms with van der Waals surface area (Å²) in [5, 5.41) is 12.0. The molecule has 2 N–H and O–H groups in total. The molecule has 0 heterocycles. The minimum Gasteiger partial charge on any atom is -0.393 e. The molecule has 1 aromatic carbocycles. The first-order valence-electron chi connectivity index (χ1n) is 5.81. The summed E-state index contributed by atoms with van der Waals surface area (Å²) >= 11 is 5.78. The SMILES string of the molecule is CC(O)CC(C)CNC(=O)c1ccc(F)cc1Cl. The first-order valence-corrected chi connectivity index (χ1v) is 6.19. The summed E-state index contributed by atoms with van der Waals surface area (Å²) < 4.78 is 12.8. The fourth-order valence-corrected chi connectivity index (χ4v) is 1.95. The summed E-state index contributed by atoms with van der Waals surface area (Å²) in [6.45, 7) is 4.08. The summed E-state index contributed by atoms with van der Waals surface area (Å²) in [7, 11) is 0. The molecule has 0 aliphatic heterocycles. The molecule has 100 valence electrons. The summed E-state index contributed by atoms with van der Waals surface area (Å²) in [5.41, 5.74) is 0.252. The van der Waals surface area contributed by atoms with Gasteiger partial charge in [0.2, 0.25) is 0 Å². The minimum atomic E-state index is -0.473. The fourth-order valence-electron chi connectivity index (χ4n) is 1.70. The van der Waals surface area contributed by atoms with Crippen LogP contribution < -0.4 is 5.32 Å². The highest BCUT2D eigenvalue weighted by atomic mass is 35.5. The van der Waals surface area contributed by atoms with Gasteiger partial charge in [-0.05, 0) is 37.5 Å². The van der Waals surface area contributed by atoms with Crippen LogP contribution in [0.15, 0.2) is 18.2 Å². The molecule has 18 heavy (non-hydrogen) atoms. The van der Waals surface area contributed by atoms with E-state index in [4.69, 9.17) is 11.6 Å². The van der Waals surface area contributed by atoms with Gasteiger partial charge in [-0.2, -0.15) is 0 Å². The number of amides is 1. The second-order valence-corrected chi connectivity index (χ2v) is 4.93. The third kappa shape index (κ3) is 4.63. The molecule has 0 saturated carbocycles. The van der Waals surface area contributed by atoms with Gasteiger partial charge >= 0.3 is 0 Å². The van der Waals surface area contributed by atoms with Crippen LogP contribution >= 0.6 is 11.6 Å². The molecule has 3 nitrogen and oxygen atoms in total. The van der Waals surface area contributed by atoms with Crippen LogP contribution in [0.4, 0.5) is 4.39 Å². The second-order valence-electron chi connectivity index (χ2n) is 4.52. The molecule has 0 saturated heterocycles. The van der Waals surface area contributed by atoms with Crippen LogP contribution in [0, 0.1) is 11.7 Å². The van der Waals surface area contributed by atoms with Gasteiger partial charge in [0.1, 0.15) is 5.82 Å². The number of benzene rings is 1. The Labute approximate surface area is 111 Å². The maximum absolute atomic E-state index is 12.8. The molecule has 0 aromatic heterocycles. The maximum atomic E-state index is 12.8. The van der Waals surface area contributed by atoms with Crippen LogP contribution in [0.2, 0.25) is 5.02 Å². The highest BCUT2D eigenvalue weighted by Crippen LogP contribution is 2.17. The maximum Gasteiger partial charge on any atom is 0.252 e. The average Bonchev–Trinajstić information content (AvgIpc) is 2.25. The van der Waals surface area contributed by atoms with Crippen molar-refractivity contribution in [3.05, 3.63) is 34.6 Å². The molecule has 5 heteroatoms. The van der Waals surface area contributed by atoms with E-state index in [1.54, 1.807) is 6.92 Å². The van der Waals surface area contributed by atoms with Gasteiger partial charge in [-0.3, -0.25) is 4.79 Å². The van der Waals surface area contributed by atoms with E-state index >= 15 is 0 Å². The fraction of sp³-hybridized carbons (Fsp3) is 0.462. The number of nitrogens with one attached hydrogen (secondary N) is 1. The monoisotopic (exact) mass is 273 g/mol. The zero-order valence-electron chi connectivity index (χ0n) is 10.4. The molecule has 1 amide bonds. The van der Waals surface area contributed by atoms with Crippen molar-refractivity contribution in [3.8, 4) is 0 Å². The quantitative estimate of drug-likeness (QED) is 0.866. The Balaban J connectivity index is 2.55. The van der Waals surface area contributed by atoms with Crippen LogP contribution in [0.3, 0.4) is 0 Å². The number of hydrogen-bond donors (Lipinski definition) is 2. The molecule has 1 aromatic rings. The van der Waals surface area contributed by atoms with Crippen molar-refractivity contribution in [2.24, 2.45) is 5.92 Å². The molecular weight excluding hydrogens is 257 g/mol. The lowest BCUT2D eigenvalue weighted by molar-refractivity contribution is 0.0939. The van der Waals surface area contributed by atoms with Gasteiger partial charge < -0.3 is 10.4 Å². The molecule has 0 bridgehead atoms. The lowest BCUT2D eigenvalue weighted by Gasteiger charge is -2.14. The van der Waals surface area contributed by atoms with Crippen LogP contribution in [0.25, 0.3) is 0 Å². The first kappa shape index (κ1) is 14.9. The van der Waals surface area contributed by atoms with Crippen molar-refractivity contribution in [2.45, 2.75) is 26.4 Å². The largest absolute Gasteiger partial charge is 0.393 e. The normalized spacial score (nSPS) is 14.1. The van der Waals surface area contributed by atoms with E-state index in [9.17, 15) is 14.3 Å². The van der Waals surface area contributed by atoms with Gasteiger partial charge in [0, 0.05) is 6.54 Å². The molecular formula is C13H17ClFNO2. The number of hydrogen-bond acceptors (Lipinski definition) is 2. The molecule has 0 spiro atoms. The summed E-state index contributed by atoms with van der Waals surface area (Å²) in [6, 6.07) is 3.65. The predicted octanol–water partition coefficient (Wildman–Crippen LogP) is 2.62. The van der Waals surface area contributed by atoms with Crippen LogP contribution in [-0.2, 0) is 0 Å². The van der Waals surface area contributed by atoms with Gasteiger partial charge in [0.05, 0.1) is 16.7 Å². The zero-order valence-corrected chi connectivity index (χ0v) is 11.2. The molecule has 0 radical (unpaired) electrons. The summed E-state index contributed by atoms with van der Waals surface area (Å²) in [5.74, 6) is -0.648. The lowest BCUT2D eigenvalue weighted by Crippen LogP contribution is -2.29. The lowest BCUT2D eigenvalue weighted by atomic mass is 10.0. The Morgan fingerprint density at radius 2 is 2.17 bits per heavy atom. The van der Waals surface area contributed by atoms with Gasteiger partial charge in [0.25, 0.3) is 5.91 Å². The van der Waals surface area contributed by atoms with Gasteiger partial charge in [-0.1, -0.05) is 18.5 Å². The standard InChI is InChI=1S/C13H17ClFNO2/c1-8(5-9(2)17)7-16-13(18)11-4-3-10(15)6-12(11)14/h3-4,6,8-9,17H,5,7H2,1-2H3,(H,16,18). The first-order chi connectivity index (χ1) is 8.40. The van der Waals surface area contributed by atoms with E-state index in [0.29, 0.717) is 13.0 Å². The number of carbonyl (C=O) groups is 1. The summed E-state index contributed by atoms with van der Waals surface area (Å²) in [4.78, 5) is 11.8. The van der Waals surface area contributed by atoms with E-state index < -0.39 is 11.9 Å². The number of halogens is 2. The number of rotatable bonds is 5. The Kier molecular flexibility index (Phi) is 5.56. The van der Waals surface area contributed by atoms with E-state index in [1.807, 2.05) is 6.92 Å². The smallest absolute Gasteiger partial charge is 0.252 e. The van der Waals surface area contributed by atoms with E-state index in [2.05, 4.69) is 5.32 Å². The van der Waals surface area contributed by atoms with Crippen molar-refractivity contribution in [2.75, 3.05) is 6.54 Å². The van der Waals surface area contributed by atoms with Crippen molar-refractivity contribution in [1.82, 2.24) is 5.32 Å². The van der Waals surface area contributed by atoms with Crippen molar-refractivity contribution in [3.63, 3.8) is 0 Å². The van der Waals surface area contributed by atoms with E-state index in [1.165, 1.54) is 12.1 Å². The highest BCUT2D eigenvalue weighted by Gasteiger charge is 2.12. The van der Waals surface area contributed by atoms with E-state index in [-0.39, 0.29) is 22.4 Å². The Hall–Kier alpha value is -1.13. The number of aliphatic hydroxyl groups excluding tert-OH is 1. The molecule has 1 rings (SSSR count). The Morgan fingerprint density at radius 1 is 1.50 bits per heavy atom. The Bertz CT molecular complexity index is 423. The third-order valence-electron chi connectivity index (χ3n) is 2.53. The average molecular weight is 274 g/mol. The third-order valence-corrected chi connectivity index (χ3v) is 2.84. The second kappa shape index (κ2) is 6.71. The van der Waals surface area contributed by atoms with Crippen LogP contribution in [0.1, 0.15) is 30.6 Å². The predicted molar refractivity (Wildman–Crippen MR) is 69.2 cm³/mol. The number of aliphatic hydroxyl groups is 1. The van der Waals surface area contributed by atoms with Crippen molar-refractivity contribution < 1.29 is 14.3 Å². The minimum absolute atomic E-state index is 0.0932. The highest BCUT2D eigenvalue weighted by molar-refractivity contribution is 6.33. The van der Waals surface area contributed by atoms with Crippen molar-refractivity contribution in [1.29, 1.82) is 0 Å². The van der Waals surface area contributed by atoms with E-state index in [0.717, 1.165) is 6.07 Å². The molecule has 0 aliphatic carbocycles. The zero-order chi connectivity index (χ0) is 13.7. The Morgan fingerprint density at radius 3 is 2.72 bits per heavy atom. The summed E-state index contributed by atoms with van der Waals surface area (Å²) in [6.07, 6.45) is 0.212. The molecule has 2 atom stereocenters. The van der Waals surface area contributed by atoms with Crippen LogP contribution in [0.5, 0.6) is 0 Å². The van der Waals surface area contributed by atoms with Gasteiger partial charge in [-0.25, -0.2) is 4.39 Å². The molecule has 0 aliphatic rings. The molecule has 2 unspecified atom stereocenters. The van der Waals surface area contributed by atoms with Gasteiger partial charge in [0.15, 0.2) is 0 Å².